The molecule has 1 atom stereocenters. The third-order valence-electron chi connectivity index (χ3n) is 3.40. The first-order valence-corrected chi connectivity index (χ1v) is 5.76. The fourth-order valence-electron chi connectivity index (χ4n) is 2.04. The van der Waals surface area contributed by atoms with Gasteiger partial charge in [0.2, 0.25) is 0 Å². The van der Waals surface area contributed by atoms with Crippen molar-refractivity contribution in [1.29, 1.82) is 0 Å². The Morgan fingerprint density at radius 2 is 2.19 bits per heavy atom. The number of hydrogen-bond donors (Lipinski definition) is 0. The second-order valence-corrected chi connectivity index (χ2v) is 4.55. The Morgan fingerprint density at radius 1 is 1.50 bits per heavy atom. The van der Waals surface area contributed by atoms with Gasteiger partial charge in [-0.25, -0.2) is 0 Å². The smallest absolute Gasteiger partial charge is 0.256 e. The molecule has 0 spiro atoms. The highest BCUT2D eigenvalue weighted by molar-refractivity contribution is 6.15. The Bertz CT molecular complexity index is 355. The van der Waals surface area contributed by atoms with E-state index >= 15 is 0 Å². The van der Waals surface area contributed by atoms with Crippen LogP contribution in [0, 0.1) is 0 Å². The summed E-state index contributed by atoms with van der Waals surface area (Å²) < 4.78 is 5.38. The number of epoxide rings is 1. The molecule has 0 radical (unpaired) electrons. The number of nitrogens with zero attached hydrogens (tertiary/aromatic N) is 1. The van der Waals surface area contributed by atoms with Gasteiger partial charge in [-0.2, -0.15) is 0 Å². The molecule has 1 unspecified atom stereocenters. The van der Waals surface area contributed by atoms with Gasteiger partial charge < -0.3 is 4.74 Å². The van der Waals surface area contributed by atoms with Crippen molar-refractivity contribution in [3.63, 3.8) is 0 Å². The van der Waals surface area contributed by atoms with Crippen molar-refractivity contribution in [2.75, 3.05) is 13.2 Å². The number of carbonyl (C=O) groups excluding carboxylic acids is 2. The van der Waals surface area contributed by atoms with Gasteiger partial charge in [0.1, 0.15) is 0 Å². The number of ether oxygens (including phenoxy) is 1. The predicted octanol–water partition coefficient (Wildman–Crippen LogP) is 1.26. The standard InChI is InChI=1S/C12H17NO3/c1-3-12(8-16-12)5-4-6-13-10(14)7-9(2)11(13)15/h7H,3-6,8H2,1-2H3. The fraction of sp³-hybridized carbons (Fsp3) is 0.667. The quantitative estimate of drug-likeness (QED) is 0.521. The minimum absolute atomic E-state index is 0.0499. The van der Waals surface area contributed by atoms with E-state index in [4.69, 9.17) is 4.74 Å². The van der Waals surface area contributed by atoms with E-state index in [0.29, 0.717) is 12.1 Å². The predicted molar refractivity (Wildman–Crippen MR) is 58.7 cm³/mol. The molecule has 2 rings (SSSR count). The highest BCUT2D eigenvalue weighted by atomic mass is 16.6. The molecule has 2 heterocycles. The van der Waals surface area contributed by atoms with Crippen molar-refractivity contribution < 1.29 is 14.3 Å². The van der Waals surface area contributed by atoms with Gasteiger partial charge in [0.15, 0.2) is 0 Å². The van der Waals surface area contributed by atoms with Crippen LogP contribution >= 0.6 is 0 Å². The zero-order valence-electron chi connectivity index (χ0n) is 9.78. The Hall–Kier alpha value is -1.16. The molecular formula is C12H17NO3. The average Bonchev–Trinajstić information content (AvgIpc) is 2.99. The molecule has 2 aliphatic heterocycles. The molecule has 88 valence electrons. The molecule has 2 aliphatic rings. The molecule has 1 fully saturated rings. The van der Waals surface area contributed by atoms with Crippen LogP contribution in [0.3, 0.4) is 0 Å². The lowest BCUT2D eigenvalue weighted by atomic mass is 10.0. The van der Waals surface area contributed by atoms with Crippen molar-refractivity contribution in [2.45, 2.75) is 38.7 Å². The van der Waals surface area contributed by atoms with Crippen molar-refractivity contribution in [3.05, 3.63) is 11.6 Å². The molecule has 16 heavy (non-hydrogen) atoms. The average molecular weight is 223 g/mol. The van der Waals surface area contributed by atoms with Gasteiger partial charge in [0.05, 0.1) is 12.2 Å². The highest BCUT2D eigenvalue weighted by Crippen LogP contribution is 2.35. The fourth-order valence-corrected chi connectivity index (χ4v) is 2.04. The Morgan fingerprint density at radius 3 is 2.62 bits per heavy atom. The van der Waals surface area contributed by atoms with Crippen LogP contribution in [-0.4, -0.2) is 35.5 Å². The van der Waals surface area contributed by atoms with Crippen LogP contribution in [0.1, 0.15) is 33.1 Å². The lowest BCUT2D eigenvalue weighted by Gasteiger charge is -2.15. The highest BCUT2D eigenvalue weighted by Gasteiger charge is 2.42. The molecule has 0 saturated carbocycles. The summed E-state index contributed by atoms with van der Waals surface area (Å²) in [4.78, 5) is 24.3. The maximum absolute atomic E-state index is 11.6. The Kier molecular flexibility index (Phi) is 2.84. The molecule has 4 heteroatoms. The van der Waals surface area contributed by atoms with Gasteiger partial charge in [0.25, 0.3) is 11.8 Å². The molecule has 0 bridgehead atoms. The van der Waals surface area contributed by atoms with Gasteiger partial charge in [0, 0.05) is 18.2 Å². The van der Waals surface area contributed by atoms with Gasteiger partial charge in [-0.1, -0.05) is 6.92 Å². The van der Waals surface area contributed by atoms with Crippen LogP contribution in [0.15, 0.2) is 11.6 Å². The molecule has 0 N–H and O–H groups in total. The van der Waals surface area contributed by atoms with Crippen LogP contribution in [0.4, 0.5) is 0 Å². The molecule has 2 amide bonds. The van der Waals surface area contributed by atoms with Gasteiger partial charge in [-0.3, -0.25) is 14.5 Å². The number of rotatable bonds is 5. The maximum Gasteiger partial charge on any atom is 0.256 e. The zero-order chi connectivity index (χ0) is 11.8. The first kappa shape index (κ1) is 11.3. The van der Waals surface area contributed by atoms with Gasteiger partial charge in [-0.15, -0.1) is 0 Å². The molecule has 4 nitrogen and oxygen atoms in total. The van der Waals surface area contributed by atoms with Crippen molar-refractivity contribution in [1.82, 2.24) is 4.90 Å². The van der Waals surface area contributed by atoms with Crippen LogP contribution in [0.2, 0.25) is 0 Å². The summed E-state index contributed by atoms with van der Waals surface area (Å²) in [6.07, 6.45) is 4.17. The van der Waals surface area contributed by atoms with E-state index in [0.717, 1.165) is 25.9 Å². The number of hydrogen-bond acceptors (Lipinski definition) is 3. The minimum Gasteiger partial charge on any atom is -0.370 e. The summed E-state index contributed by atoms with van der Waals surface area (Å²) in [6.45, 7) is 5.11. The van der Waals surface area contributed by atoms with Gasteiger partial charge in [-0.05, 0) is 26.2 Å². The van der Waals surface area contributed by atoms with Crippen molar-refractivity contribution >= 4 is 11.8 Å². The summed E-state index contributed by atoms with van der Waals surface area (Å²) in [5.41, 5.74) is 0.590. The number of amides is 2. The maximum atomic E-state index is 11.6. The van der Waals surface area contributed by atoms with E-state index in [1.807, 2.05) is 0 Å². The summed E-state index contributed by atoms with van der Waals surface area (Å²) in [5.74, 6) is -0.322. The third kappa shape index (κ3) is 2.02. The second kappa shape index (κ2) is 4.01. The Balaban J connectivity index is 1.79. The van der Waals surface area contributed by atoms with Crippen molar-refractivity contribution in [3.8, 4) is 0 Å². The summed E-state index contributed by atoms with van der Waals surface area (Å²) in [7, 11) is 0. The number of carbonyl (C=O) groups is 2. The van der Waals surface area contributed by atoms with Crippen LogP contribution in [0.25, 0.3) is 0 Å². The van der Waals surface area contributed by atoms with E-state index in [9.17, 15) is 9.59 Å². The largest absolute Gasteiger partial charge is 0.370 e. The van der Waals surface area contributed by atoms with Crippen LogP contribution < -0.4 is 0 Å². The zero-order valence-corrected chi connectivity index (χ0v) is 9.78. The normalized spacial score (nSPS) is 28.6. The summed E-state index contributed by atoms with van der Waals surface area (Å²) in [5, 5.41) is 0. The number of imide groups is 1. The lowest BCUT2D eigenvalue weighted by molar-refractivity contribution is -0.137. The molecule has 1 saturated heterocycles. The SMILES string of the molecule is CCC1(CCCN2C(=O)C=C(C)C2=O)CO1. The molecule has 0 aliphatic carbocycles. The molecule has 0 aromatic heterocycles. The van der Waals surface area contributed by atoms with Crippen molar-refractivity contribution in [2.24, 2.45) is 0 Å². The van der Waals surface area contributed by atoms with Gasteiger partial charge >= 0.3 is 0 Å². The minimum atomic E-state index is -0.176. The lowest BCUT2D eigenvalue weighted by Crippen LogP contribution is -2.32. The molecule has 0 aromatic rings. The van der Waals surface area contributed by atoms with E-state index in [1.54, 1.807) is 6.92 Å². The first-order chi connectivity index (χ1) is 7.58. The first-order valence-electron chi connectivity index (χ1n) is 5.76. The van der Waals surface area contributed by atoms with E-state index in [2.05, 4.69) is 6.92 Å². The van der Waals surface area contributed by atoms with Crippen LogP contribution in [0.5, 0.6) is 0 Å². The molecular weight excluding hydrogens is 206 g/mol. The molecule has 0 aromatic carbocycles. The topological polar surface area (TPSA) is 49.9 Å². The summed E-state index contributed by atoms with van der Waals surface area (Å²) >= 11 is 0. The summed E-state index contributed by atoms with van der Waals surface area (Å²) in [6, 6.07) is 0. The Labute approximate surface area is 95.2 Å². The second-order valence-electron chi connectivity index (χ2n) is 4.55. The van der Waals surface area contributed by atoms with E-state index in [-0.39, 0.29) is 17.4 Å². The third-order valence-corrected chi connectivity index (χ3v) is 3.40. The van der Waals surface area contributed by atoms with E-state index in [1.165, 1.54) is 11.0 Å². The van der Waals surface area contributed by atoms with E-state index < -0.39 is 0 Å². The van der Waals surface area contributed by atoms with Crippen LogP contribution in [-0.2, 0) is 14.3 Å². The monoisotopic (exact) mass is 223 g/mol.